The number of fused-ring (bicyclic) bond motifs is 1. The molecule has 2 aliphatic heterocycles. The highest BCUT2D eigenvalue weighted by Crippen LogP contribution is 2.38. The fourth-order valence-corrected chi connectivity index (χ4v) is 3.92. The SMILES string of the molecule is CN1CCc2nnc(N3CC(Cn4nc(C5CC5)ccc4=O)C3)cc2C1. The van der Waals surface area contributed by atoms with Gasteiger partial charge in [0.05, 0.1) is 17.9 Å². The molecule has 0 unspecified atom stereocenters. The van der Waals surface area contributed by atoms with E-state index in [0.29, 0.717) is 18.4 Å². The molecule has 0 bridgehead atoms. The Bertz CT molecular complexity index is 884. The lowest BCUT2D eigenvalue weighted by atomic mass is 9.99. The molecule has 1 aliphatic carbocycles. The van der Waals surface area contributed by atoms with Crippen LogP contribution in [0.3, 0.4) is 0 Å². The second-order valence-electron chi connectivity index (χ2n) is 7.99. The summed E-state index contributed by atoms with van der Waals surface area (Å²) in [6, 6.07) is 5.75. The molecule has 7 nitrogen and oxygen atoms in total. The maximum Gasteiger partial charge on any atom is 0.266 e. The molecular formula is C19H24N6O. The topological polar surface area (TPSA) is 67.2 Å². The molecule has 0 radical (unpaired) electrons. The van der Waals surface area contributed by atoms with Crippen molar-refractivity contribution in [1.82, 2.24) is 24.9 Å². The van der Waals surface area contributed by atoms with Gasteiger partial charge in [0, 0.05) is 50.5 Å². The molecule has 0 atom stereocenters. The molecule has 2 fully saturated rings. The van der Waals surface area contributed by atoms with Crippen LogP contribution >= 0.6 is 0 Å². The molecule has 1 saturated heterocycles. The molecule has 136 valence electrons. The van der Waals surface area contributed by atoms with E-state index in [1.54, 1.807) is 10.7 Å². The third kappa shape index (κ3) is 3.00. The van der Waals surface area contributed by atoms with Crippen molar-refractivity contribution in [3.05, 3.63) is 45.5 Å². The van der Waals surface area contributed by atoms with Crippen LogP contribution in [0.2, 0.25) is 0 Å². The quantitative estimate of drug-likeness (QED) is 0.819. The number of aromatic nitrogens is 4. The highest BCUT2D eigenvalue weighted by molar-refractivity contribution is 5.44. The zero-order chi connectivity index (χ0) is 17.7. The Kier molecular flexibility index (Phi) is 3.77. The van der Waals surface area contributed by atoms with Gasteiger partial charge in [0.25, 0.3) is 5.56 Å². The minimum Gasteiger partial charge on any atom is -0.354 e. The number of nitrogens with zero attached hydrogens (tertiary/aromatic N) is 6. The van der Waals surface area contributed by atoms with Crippen LogP contribution in [-0.2, 0) is 19.5 Å². The molecule has 5 rings (SSSR count). The van der Waals surface area contributed by atoms with Gasteiger partial charge in [0.15, 0.2) is 5.82 Å². The van der Waals surface area contributed by atoms with Crippen molar-refractivity contribution in [1.29, 1.82) is 0 Å². The maximum atomic E-state index is 12.1. The molecule has 2 aromatic heterocycles. The van der Waals surface area contributed by atoms with Crippen LogP contribution in [0.1, 0.15) is 35.7 Å². The molecule has 7 heteroatoms. The van der Waals surface area contributed by atoms with Crippen molar-refractivity contribution in [3.8, 4) is 0 Å². The number of likely N-dealkylation sites (N-methyl/N-ethyl adjacent to an activating group) is 1. The Morgan fingerprint density at radius 3 is 2.85 bits per heavy atom. The number of rotatable bonds is 4. The van der Waals surface area contributed by atoms with Crippen LogP contribution in [0.25, 0.3) is 0 Å². The van der Waals surface area contributed by atoms with Gasteiger partial charge < -0.3 is 9.80 Å². The van der Waals surface area contributed by atoms with E-state index in [1.807, 2.05) is 6.07 Å². The first kappa shape index (κ1) is 15.9. The molecule has 2 aromatic rings. The molecule has 0 spiro atoms. The molecule has 0 aromatic carbocycles. The van der Waals surface area contributed by atoms with Crippen molar-refractivity contribution in [2.75, 3.05) is 31.6 Å². The third-order valence-corrected chi connectivity index (χ3v) is 5.71. The maximum absolute atomic E-state index is 12.1. The lowest BCUT2D eigenvalue weighted by Crippen LogP contribution is -2.50. The predicted octanol–water partition coefficient (Wildman–Crippen LogP) is 1.03. The van der Waals surface area contributed by atoms with Crippen LogP contribution in [0.5, 0.6) is 0 Å². The molecule has 0 amide bonds. The first-order valence-electron chi connectivity index (χ1n) is 9.53. The second kappa shape index (κ2) is 6.16. The van der Waals surface area contributed by atoms with E-state index in [-0.39, 0.29) is 5.56 Å². The van der Waals surface area contributed by atoms with Crippen molar-refractivity contribution in [2.24, 2.45) is 5.92 Å². The van der Waals surface area contributed by atoms with Crippen LogP contribution < -0.4 is 10.5 Å². The summed E-state index contributed by atoms with van der Waals surface area (Å²) in [5.41, 5.74) is 3.51. The average Bonchev–Trinajstić information content (AvgIpc) is 3.43. The summed E-state index contributed by atoms with van der Waals surface area (Å²) in [4.78, 5) is 16.7. The summed E-state index contributed by atoms with van der Waals surface area (Å²) in [7, 11) is 2.14. The number of anilines is 1. The predicted molar refractivity (Wildman–Crippen MR) is 98.2 cm³/mol. The summed E-state index contributed by atoms with van der Waals surface area (Å²) in [6.07, 6.45) is 3.39. The summed E-state index contributed by atoms with van der Waals surface area (Å²) < 4.78 is 1.66. The fourth-order valence-electron chi connectivity index (χ4n) is 3.92. The van der Waals surface area contributed by atoms with Crippen LogP contribution in [0, 0.1) is 5.92 Å². The zero-order valence-corrected chi connectivity index (χ0v) is 15.1. The van der Waals surface area contributed by atoms with Crippen LogP contribution in [0.15, 0.2) is 23.0 Å². The Balaban J connectivity index is 1.25. The summed E-state index contributed by atoms with van der Waals surface area (Å²) in [6.45, 7) is 4.50. The van der Waals surface area contributed by atoms with Crippen molar-refractivity contribution < 1.29 is 0 Å². The largest absolute Gasteiger partial charge is 0.354 e. The van der Waals surface area contributed by atoms with E-state index in [1.165, 1.54) is 18.4 Å². The van der Waals surface area contributed by atoms with Crippen LogP contribution in [-0.4, -0.2) is 51.6 Å². The minimum absolute atomic E-state index is 0.00413. The van der Waals surface area contributed by atoms with Gasteiger partial charge in [0.1, 0.15) is 0 Å². The van der Waals surface area contributed by atoms with E-state index in [2.05, 4.69) is 38.2 Å². The summed E-state index contributed by atoms with van der Waals surface area (Å²) in [5.74, 6) is 1.97. The van der Waals surface area contributed by atoms with Crippen molar-refractivity contribution in [3.63, 3.8) is 0 Å². The van der Waals surface area contributed by atoms with Gasteiger partial charge in [-0.25, -0.2) is 4.68 Å². The van der Waals surface area contributed by atoms with E-state index < -0.39 is 0 Å². The zero-order valence-electron chi connectivity index (χ0n) is 15.1. The molecular weight excluding hydrogens is 328 g/mol. The highest BCUT2D eigenvalue weighted by atomic mass is 16.1. The lowest BCUT2D eigenvalue weighted by molar-refractivity contribution is 0.307. The fraction of sp³-hybridized carbons (Fsp3) is 0.579. The smallest absolute Gasteiger partial charge is 0.266 e. The molecule has 26 heavy (non-hydrogen) atoms. The molecule has 1 saturated carbocycles. The van der Waals surface area contributed by atoms with Gasteiger partial charge in [-0.15, -0.1) is 5.10 Å². The normalized spacial score (nSPS) is 20.7. The minimum atomic E-state index is 0.00413. The van der Waals surface area contributed by atoms with E-state index in [4.69, 9.17) is 0 Å². The average molecular weight is 352 g/mol. The van der Waals surface area contributed by atoms with E-state index >= 15 is 0 Å². The molecule has 3 aliphatic rings. The second-order valence-corrected chi connectivity index (χ2v) is 7.99. The Morgan fingerprint density at radius 2 is 2.04 bits per heavy atom. The summed E-state index contributed by atoms with van der Waals surface area (Å²) in [5, 5.41) is 13.4. The van der Waals surface area contributed by atoms with Gasteiger partial charge in [-0.3, -0.25) is 4.79 Å². The van der Waals surface area contributed by atoms with Gasteiger partial charge in [-0.2, -0.15) is 10.2 Å². The van der Waals surface area contributed by atoms with Crippen molar-refractivity contribution >= 4 is 5.82 Å². The first-order valence-corrected chi connectivity index (χ1v) is 9.53. The lowest BCUT2D eigenvalue weighted by Gasteiger charge is -2.40. The standard InChI is InChI=1S/C19H24N6O/c1-23-7-6-16-15(12-23)8-18(21-20-16)24-9-13(10-24)11-25-19(26)5-4-17(22-25)14-2-3-14/h4-5,8,13-14H,2-3,6-7,9-12H2,1H3. The monoisotopic (exact) mass is 352 g/mol. The van der Waals surface area contributed by atoms with Gasteiger partial charge >= 0.3 is 0 Å². The van der Waals surface area contributed by atoms with Crippen LogP contribution in [0.4, 0.5) is 5.82 Å². The highest BCUT2D eigenvalue weighted by Gasteiger charge is 2.31. The Morgan fingerprint density at radius 1 is 1.19 bits per heavy atom. The third-order valence-electron chi connectivity index (χ3n) is 5.71. The number of hydrogen-bond donors (Lipinski definition) is 0. The Hall–Kier alpha value is -2.28. The molecule has 0 N–H and O–H groups in total. The first-order chi connectivity index (χ1) is 12.7. The number of hydrogen-bond acceptors (Lipinski definition) is 6. The van der Waals surface area contributed by atoms with Gasteiger partial charge in [-0.1, -0.05) is 0 Å². The van der Waals surface area contributed by atoms with Gasteiger partial charge in [-0.05, 0) is 37.6 Å². The van der Waals surface area contributed by atoms with E-state index in [0.717, 1.165) is 49.8 Å². The molecule has 4 heterocycles. The van der Waals surface area contributed by atoms with Crippen molar-refractivity contribution in [2.45, 2.75) is 38.3 Å². The summed E-state index contributed by atoms with van der Waals surface area (Å²) >= 11 is 0. The Labute approximate surface area is 152 Å². The van der Waals surface area contributed by atoms with Gasteiger partial charge in [0.2, 0.25) is 0 Å². The van der Waals surface area contributed by atoms with E-state index in [9.17, 15) is 4.79 Å².